The second kappa shape index (κ2) is 15.7. The molecule has 1 heterocycles. The van der Waals surface area contributed by atoms with Gasteiger partial charge >= 0.3 is 0 Å². The van der Waals surface area contributed by atoms with Crippen molar-refractivity contribution in [3.63, 3.8) is 0 Å². The second-order valence-electron chi connectivity index (χ2n) is 1.12. The van der Waals surface area contributed by atoms with Crippen LogP contribution in [0.5, 0.6) is 0 Å². The summed E-state index contributed by atoms with van der Waals surface area (Å²) in [4.78, 5) is 11.7. The molecule has 0 saturated carbocycles. The molecular formula is C8H15NO. The maximum atomic E-state index is 8.81. The second-order valence-corrected chi connectivity index (χ2v) is 1.12. The highest BCUT2D eigenvalue weighted by atomic mass is 16.1. The average Bonchev–Trinajstić information content (AvgIpc) is 2.48. The quantitative estimate of drug-likeness (QED) is 0.552. The topological polar surface area (TPSA) is 32.9 Å². The van der Waals surface area contributed by atoms with Crippen molar-refractivity contribution in [1.29, 1.82) is 0 Å². The van der Waals surface area contributed by atoms with Gasteiger partial charge < -0.3 is 9.78 Å². The number of carbonyl (C=O) groups excluding carboxylic acids is 1. The van der Waals surface area contributed by atoms with Crippen molar-refractivity contribution >= 4 is 6.29 Å². The number of hydrogen-bond donors (Lipinski definition) is 1. The third kappa shape index (κ3) is 15.8. The minimum absolute atomic E-state index is 0.750. The van der Waals surface area contributed by atoms with Crippen molar-refractivity contribution in [1.82, 2.24) is 4.98 Å². The fourth-order valence-corrected chi connectivity index (χ4v) is 0.278. The van der Waals surface area contributed by atoms with E-state index in [4.69, 9.17) is 4.79 Å². The highest BCUT2D eigenvalue weighted by Gasteiger charge is 1.55. The van der Waals surface area contributed by atoms with Gasteiger partial charge in [0.15, 0.2) is 0 Å². The van der Waals surface area contributed by atoms with Crippen molar-refractivity contribution in [2.75, 3.05) is 0 Å². The first-order chi connectivity index (χ1) is 4.91. The summed E-state index contributed by atoms with van der Waals surface area (Å²) in [6, 6.07) is 3.89. The fraction of sp³-hybridized carbons (Fsp3) is 0.375. The molecule has 1 rings (SSSR count). The molecule has 2 nitrogen and oxygen atoms in total. The molecule has 1 aromatic rings. The Balaban J connectivity index is 0. The molecule has 10 heavy (non-hydrogen) atoms. The van der Waals surface area contributed by atoms with Crippen molar-refractivity contribution in [3.05, 3.63) is 24.5 Å². The molecule has 0 spiro atoms. The highest BCUT2D eigenvalue weighted by Crippen LogP contribution is 1.72. The Hall–Kier alpha value is -1.05. The molecule has 2 heteroatoms. The van der Waals surface area contributed by atoms with Crippen LogP contribution in [0.4, 0.5) is 0 Å². The normalized spacial score (nSPS) is 5.90. The van der Waals surface area contributed by atoms with Crippen molar-refractivity contribution in [3.8, 4) is 0 Å². The Morgan fingerprint density at radius 3 is 1.60 bits per heavy atom. The Morgan fingerprint density at radius 1 is 1.20 bits per heavy atom. The first-order valence-electron chi connectivity index (χ1n) is 3.39. The predicted octanol–water partition coefficient (Wildman–Crippen LogP) is 2.25. The van der Waals surface area contributed by atoms with Crippen LogP contribution in [-0.4, -0.2) is 11.3 Å². The molecular weight excluding hydrogens is 126 g/mol. The van der Waals surface area contributed by atoms with E-state index in [9.17, 15) is 0 Å². The average molecular weight is 141 g/mol. The molecule has 0 unspecified atom stereocenters. The van der Waals surface area contributed by atoms with Gasteiger partial charge in [-0.15, -0.1) is 0 Å². The van der Waals surface area contributed by atoms with E-state index in [1.54, 1.807) is 0 Å². The Morgan fingerprint density at radius 2 is 1.50 bits per heavy atom. The van der Waals surface area contributed by atoms with Crippen LogP contribution in [0.25, 0.3) is 0 Å². The summed E-state index contributed by atoms with van der Waals surface area (Å²) >= 11 is 0. The van der Waals surface area contributed by atoms with E-state index in [0.29, 0.717) is 0 Å². The van der Waals surface area contributed by atoms with Crippen LogP contribution in [0.15, 0.2) is 24.5 Å². The molecule has 0 atom stereocenters. The highest BCUT2D eigenvalue weighted by molar-refractivity contribution is 5.44. The molecule has 0 aromatic carbocycles. The fourth-order valence-electron chi connectivity index (χ4n) is 0.278. The molecule has 0 aliphatic carbocycles. The molecule has 0 aliphatic heterocycles. The van der Waals surface area contributed by atoms with E-state index >= 15 is 0 Å². The first kappa shape index (κ1) is 11.7. The van der Waals surface area contributed by atoms with Crippen LogP contribution in [0, 0.1) is 0 Å². The zero-order valence-corrected chi connectivity index (χ0v) is 6.79. The van der Waals surface area contributed by atoms with E-state index in [2.05, 4.69) is 4.98 Å². The number of carbonyl (C=O) groups is 1. The lowest BCUT2D eigenvalue weighted by atomic mass is 10.7. The van der Waals surface area contributed by atoms with E-state index in [0.717, 1.165) is 6.29 Å². The third-order valence-electron chi connectivity index (χ3n) is 0.496. The van der Waals surface area contributed by atoms with Gasteiger partial charge in [-0.25, -0.2) is 0 Å². The number of nitrogens with one attached hydrogen (secondary N) is 1. The SMILES string of the molecule is CC.CC=O.c1cc[nH]c1. The van der Waals surface area contributed by atoms with Gasteiger partial charge in [0.1, 0.15) is 6.29 Å². The third-order valence-corrected chi connectivity index (χ3v) is 0.496. The van der Waals surface area contributed by atoms with Crippen molar-refractivity contribution in [2.45, 2.75) is 20.8 Å². The Kier molecular flexibility index (Phi) is 18.4. The molecule has 0 bridgehead atoms. The molecule has 0 saturated heterocycles. The van der Waals surface area contributed by atoms with Crippen LogP contribution in [0.3, 0.4) is 0 Å². The molecule has 1 aromatic heterocycles. The summed E-state index contributed by atoms with van der Waals surface area (Å²) in [7, 11) is 0. The van der Waals surface area contributed by atoms with Gasteiger partial charge in [0.05, 0.1) is 0 Å². The van der Waals surface area contributed by atoms with Gasteiger partial charge in [-0.2, -0.15) is 0 Å². The summed E-state index contributed by atoms with van der Waals surface area (Å²) in [5.74, 6) is 0. The van der Waals surface area contributed by atoms with Crippen LogP contribution in [0.2, 0.25) is 0 Å². The van der Waals surface area contributed by atoms with Gasteiger partial charge in [-0.3, -0.25) is 0 Å². The van der Waals surface area contributed by atoms with Crippen LogP contribution < -0.4 is 0 Å². The maximum absolute atomic E-state index is 8.81. The minimum Gasteiger partial charge on any atom is -0.368 e. The lowest BCUT2D eigenvalue weighted by Gasteiger charge is -1.49. The molecule has 0 amide bonds. The summed E-state index contributed by atoms with van der Waals surface area (Å²) in [6.07, 6.45) is 4.50. The summed E-state index contributed by atoms with van der Waals surface area (Å²) in [5, 5.41) is 0. The van der Waals surface area contributed by atoms with Crippen LogP contribution >= 0.6 is 0 Å². The van der Waals surface area contributed by atoms with Gasteiger partial charge in [-0.05, 0) is 19.1 Å². The van der Waals surface area contributed by atoms with E-state index in [1.807, 2.05) is 38.4 Å². The largest absolute Gasteiger partial charge is 0.368 e. The number of aromatic amines is 1. The Labute approximate surface area is 62.3 Å². The van der Waals surface area contributed by atoms with E-state index in [1.165, 1.54) is 6.92 Å². The molecule has 0 radical (unpaired) electrons. The van der Waals surface area contributed by atoms with Crippen LogP contribution in [0.1, 0.15) is 20.8 Å². The zero-order chi connectivity index (χ0) is 8.24. The number of aromatic nitrogens is 1. The van der Waals surface area contributed by atoms with Gasteiger partial charge in [0.2, 0.25) is 0 Å². The Bertz CT molecular complexity index is 95.6. The number of hydrogen-bond acceptors (Lipinski definition) is 1. The minimum atomic E-state index is 0.750. The number of aldehydes is 1. The standard InChI is InChI=1S/C4H5N.C2H4O.C2H6/c1-2-4-5-3-1;1-2-3;1-2/h1-5H;2H,1H3;1-2H3. The predicted molar refractivity (Wildman–Crippen MR) is 43.9 cm³/mol. The lowest BCUT2D eigenvalue weighted by molar-refractivity contribution is -0.106. The van der Waals surface area contributed by atoms with Crippen molar-refractivity contribution in [2.24, 2.45) is 0 Å². The molecule has 58 valence electrons. The van der Waals surface area contributed by atoms with Gasteiger partial charge in [0, 0.05) is 12.4 Å². The summed E-state index contributed by atoms with van der Waals surface area (Å²) in [6.45, 7) is 5.44. The van der Waals surface area contributed by atoms with E-state index < -0.39 is 0 Å². The number of rotatable bonds is 0. The molecule has 0 fully saturated rings. The van der Waals surface area contributed by atoms with Gasteiger partial charge in [0.25, 0.3) is 0 Å². The monoisotopic (exact) mass is 141 g/mol. The lowest BCUT2D eigenvalue weighted by Crippen LogP contribution is -1.38. The van der Waals surface area contributed by atoms with Gasteiger partial charge in [-0.1, -0.05) is 13.8 Å². The maximum Gasteiger partial charge on any atom is 0.116 e. The molecule has 1 N–H and O–H groups in total. The van der Waals surface area contributed by atoms with Crippen LogP contribution in [-0.2, 0) is 4.79 Å². The summed E-state index contributed by atoms with van der Waals surface area (Å²) in [5.41, 5.74) is 0. The summed E-state index contributed by atoms with van der Waals surface area (Å²) < 4.78 is 0. The molecule has 0 aliphatic rings. The smallest absolute Gasteiger partial charge is 0.116 e. The number of H-pyrrole nitrogens is 1. The first-order valence-corrected chi connectivity index (χ1v) is 3.39. The zero-order valence-electron chi connectivity index (χ0n) is 6.79. The van der Waals surface area contributed by atoms with E-state index in [-0.39, 0.29) is 0 Å². The van der Waals surface area contributed by atoms with Crippen molar-refractivity contribution < 1.29 is 4.79 Å².